The van der Waals surface area contributed by atoms with E-state index in [4.69, 9.17) is 0 Å². The van der Waals surface area contributed by atoms with E-state index in [1.807, 2.05) is 74.5 Å². The number of para-hydroxylation sites is 1. The molecule has 0 aliphatic heterocycles. The van der Waals surface area contributed by atoms with Gasteiger partial charge in [0.05, 0.1) is 6.54 Å². The average molecular weight is 423 g/mol. The van der Waals surface area contributed by atoms with Gasteiger partial charge in [0, 0.05) is 23.7 Å². The molecule has 0 radical (unpaired) electrons. The van der Waals surface area contributed by atoms with E-state index in [0.717, 1.165) is 17.1 Å². The molecule has 1 aromatic heterocycles. The largest absolute Gasteiger partial charge is 0.350 e. The number of benzene rings is 2. The standard InChI is InChI=1S/C23H26N4O2S/c1-17(2)27(23(29)25-19-11-7-4-8-12-19)15-21-26-20(16-30-21)22(28)24-14-13-18-9-5-3-6-10-18/h3-12,16-17H,13-15H2,1-2H3,(H,24,28)(H,25,29). The van der Waals surface area contributed by atoms with Crippen LogP contribution in [0.25, 0.3) is 0 Å². The molecule has 0 spiro atoms. The Hall–Kier alpha value is -3.19. The minimum absolute atomic E-state index is 0.0132. The summed E-state index contributed by atoms with van der Waals surface area (Å²) < 4.78 is 0. The van der Waals surface area contributed by atoms with E-state index in [0.29, 0.717) is 18.8 Å². The van der Waals surface area contributed by atoms with Gasteiger partial charge in [-0.25, -0.2) is 9.78 Å². The van der Waals surface area contributed by atoms with Gasteiger partial charge in [0.2, 0.25) is 0 Å². The highest BCUT2D eigenvalue weighted by atomic mass is 32.1. The number of nitrogens with one attached hydrogen (secondary N) is 2. The summed E-state index contributed by atoms with van der Waals surface area (Å²) in [6.07, 6.45) is 0.768. The highest BCUT2D eigenvalue weighted by Gasteiger charge is 2.20. The second kappa shape index (κ2) is 10.5. The van der Waals surface area contributed by atoms with Crippen molar-refractivity contribution in [2.24, 2.45) is 0 Å². The van der Waals surface area contributed by atoms with Gasteiger partial charge >= 0.3 is 6.03 Å². The summed E-state index contributed by atoms with van der Waals surface area (Å²) in [5, 5.41) is 8.27. The third kappa shape index (κ3) is 6.15. The zero-order valence-electron chi connectivity index (χ0n) is 17.2. The molecule has 0 saturated carbocycles. The number of carbonyl (C=O) groups is 2. The molecule has 0 aliphatic carbocycles. The molecule has 0 bridgehead atoms. The minimum Gasteiger partial charge on any atom is -0.350 e. The highest BCUT2D eigenvalue weighted by Crippen LogP contribution is 2.16. The van der Waals surface area contributed by atoms with Crippen molar-refractivity contribution in [2.75, 3.05) is 11.9 Å². The van der Waals surface area contributed by atoms with Crippen molar-refractivity contribution in [1.29, 1.82) is 0 Å². The normalized spacial score (nSPS) is 10.6. The molecule has 156 valence electrons. The van der Waals surface area contributed by atoms with Crippen molar-refractivity contribution in [1.82, 2.24) is 15.2 Å². The molecule has 0 atom stereocenters. The van der Waals surface area contributed by atoms with Crippen molar-refractivity contribution >= 4 is 29.0 Å². The van der Waals surface area contributed by atoms with Crippen LogP contribution in [0.3, 0.4) is 0 Å². The number of carbonyl (C=O) groups excluding carboxylic acids is 2. The molecular weight excluding hydrogens is 396 g/mol. The third-order valence-electron chi connectivity index (χ3n) is 4.54. The summed E-state index contributed by atoms with van der Waals surface area (Å²) in [6.45, 7) is 4.80. The van der Waals surface area contributed by atoms with Crippen molar-refractivity contribution < 1.29 is 9.59 Å². The number of hydrogen-bond acceptors (Lipinski definition) is 4. The lowest BCUT2D eigenvalue weighted by Crippen LogP contribution is -2.39. The Morgan fingerprint density at radius 1 is 1.03 bits per heavy atom. The maximum Gasteiger partial charge on any atom is 0.322 e. The molecule has 0 fully saturated rings. The Morgan fingerprint density at radius 3 is 2.37 bits per heavy atom. The van der Waals surface area contributed by atoms with Crippen LogP contribution >= 0.6 is 11.3 Å². The van der Waals surface area contributed by atoms with Crippen LogP contribution in [0, 0.1) is 0 Å². The number of hydrogen-bond donors (Lipinski definition) is 2. The molecule has 0 unspecified atom stereocenters. The zero-order chi connectivity index (χ0) is 21.3. The summed E-state index contributed by atoms with van der Waals surface area (Å²) in [5.41, 5.74) is 2.30. The first-order chi connectivity index (χ1) is 14.5. The van der Waals surface area contributed by atoms with Gasteiger partial charge in [0.15, 0.2) is 0 Å². The topological polar surface area (TPSA) is 74.3 Å². The van der Waals surface area contributed by atoms with Crippen molar-refractivity contribution in [3.8, 4) is 0 Å². The predicted octanol–water partition coefficient (Wildman–Crippen LogP) is 4.56. The Morgan fingerprint density at radius 2 is 1.70 bits per heavy atom. The predicted molar refractivity (Wildman–Crippen MR) is 121 cm³/mol. The van der Waals surface area contributed by atoms with E-state index in [1.165, 1.54) is 16.9 Å². The van der Waals surface area contributed by atoms with Gasteiger partial charge < -0.3 is 15.5 Å². The van der Waals surface area contributed by atoms with Crippen LogP contribution in [-0.2, 0) is 13.0 Å². The Labute approximate surface area is 181 Å². The number of amides is 3. The van der Waals surface area contributed by atoms with Crippen LogP contribution in [0.2, 0.25) is 0 Å². The Balaban J connectivity index is 1.55. The van der Waals surface area contributed by atoms with Crippen LogP contribution in [0.1, 0.15) is 34.9 Å². The molecule has 2 N–H and O–H groups in total. The van der Waals surface area contributed by atoms with Crippen LogP contribution in [0.5, 0.6) is 0 Å². The van der Waals surface area contributed by atoms with Gasteiger partial charge in [0.1, 0.15) is 10.7 Å². The molecular formula is C23H26N4O2S. The van der Waals surface area contributed by atoms with E-state index in [1.54, 1.807) is 10.3 Å². The number of aromatic nitrogens is 1. The van der Waals surface area contributed by atoms with Gasteiger partial charge in [-0.05, 0) is 38.0 Å². The summed E-state index contributed by atoms with van der Waals surface area (Å²) in [7, 11) is 0. The number of rotatable bonds is 8. The number of nitrogens with zero attached hydrogens (tertiary/aromatic N) is 2. The summed E-state index contributed by atoms with van der Waals surface area (Å²) in [5.74, 6) is -0.196. The van der Waals surface area contributed by atoms with Gasteiger partial charge in [-0.3, -0.25) is 4.79 Å². The van der Waals surface area contributed by atoms with Gasteiger partial charge in [0.25, 0.3) is 5.91 Å². The Bertz CT molecular complexity index is 958. The molecule has 0 aliphatic rings. The van der Waals surface area contributed by atoms with Gasteiger partial charge in [-0.1, -0.05) is 48.5 Å². The van der Waals surface area contributed by atoms with E-state index in [9.17, 15) is 9.59 Å². The molecule has 3 rings (SSSR count). The second-order valence-corrected chi connectivity index (χ2v) is 8.08. The smallest absolute Gasteiger partial charge is 0.322 e. The minimum atomic E-state index is -0.196. The van der Waals surface area contributed by atoms with Crippen LogP contribution in [0.15, 0.2) is 66.0 Å². The molecule has 7 heteroatoms. The fourth-order valence-corrected chi connectivity index (χ4v) is 3.67. The molecule has 30 heavy (non-hydrogen) atoms. The Kier molecular flexibility index (Phi) is 7.57. The molecule has 2 aromatic carbocycles. The molecule has 3 aromatic rings. The lowest BCUT2D eigenvalue weighted by Gasteiger charge is -2.26. The molecule has 0 saturated heterocycles. The van der Waals surface area contributed by atoms with Crippen LogP contribution in [0.4, 0.5) is 10.5 Å². The lowest BCUT2D eigenvalue weighted by molar-refractivity contribution is 0.0949. The first-order valence-corrected chi connectivity index (χ1v) is 10.8. The lowest BCUT2D eigenvalue weighted by atomic mass is 10.1. The number of anilines is 1. The molecule has 1 heterocycles. The van der Waals surface area contributed by atoms with E-state index >= 15 is 0 Å². The highest BCUT2D eigenvalue weighted by molar-refractivity contribution is 7.09. The van der Waals surface area contributed by atoms with Gasteiger partial charge in [-0.2, -0.15) is 0 Å². The molecule has 6 nitrogen and oxygen atoms in total. The van der Waals surface area contributed by atoms with E-state index in [2.05, 4.69) is 15.6 Å². The number of urea groups is 1. The third-order valence-corrected chi connectivity index (χ3v) is 5.37. The summed E-state index contributed by atoms with van der Waals surface area (Å²) >= 11 is 1.38. The average Bonchev–Trinajstić information content (AvgIpc) is 3.22. The quantitative estimate of drug-likeness (QED) is 0.559. The summed E-state index contributed by atoms with van der Waals surface area (Å²) in [6, 6.07) is 19.1. The van der Waals surface area contributed by atoms with Crippen molar-refractivity contribution in [3.05, 3.63) is 82.3 Å². The fourth-order valence-electron chi connectivity index (χ4n) is 2.89. The summed E-state index contributed by atoms with van der Waals surface area (Å²) in [4.78, 5) is 31.2. The fraction of sp³-hybridized carbons (Fsp3) is 0.261. The van der Waals surface area contributed by atoms with E-state index in [-0.39, 0.29) is 18.0 Å². The maximum atomic E-state index is 12.7. The second-order valence-electron chi connectivity index (χ2n) is 7.14. The van der Waals surface area contributed by atoms with E-state index < -0.39 is 0 Å². The SMILES string of the molecule is CC(C)N(Cc1nc(C(=O)NCCc2ccccc2)cs1)C(=O)Nc1ccccc1. The van der Waals surface area contributed by atoms with Crippen molar-refractivity contribution in [3.63, 3.8) is 0 Å². The number of thiazole rings is 1. The first-order valence-electron chi connectivity index (χ1n) is 9.92. The maximum absolute atomic E-state index is 12.7. The first kappa shape index (κ1) is 21.5. The molecule has 3 amide bonds. The zero-order valence-corrected chi connectivity index (χ0v) is 18.0. The van der Waals surface area contributed by atoms with Gasteiger partial charge in [-0.15, -0.1) is 11.3 Å². The van der Waals surface area contributed by atoms with Crippen LogP contribution < -0.4 is 10.6 Å². The van der Waals surface area contributed by atoms with Crippen LogP contribution in [-0.4, -0.2) is 34.4 Å². The van der Waals surface area contributed by atoms with Crippen molar-refractivity contribution in [2.45, 2.75) is 32.9 Å². The monoisotopic (exact) mass is 422 g/mol.